The van der Waals surface area contributed by atoms with Crippen molar-refractivity contribution in [1.82, 2.24) is 0 Å². The van der Waals surface area contributed by atoms with E-state index >= 15 is 0 Å². The Morgan fingerprint density at radius 1 is 0.676 bits per heavy atom. The molecule has 2 nitrogen and oxygen atoms in total. The van der Waals surface area contributed by atoms with Gasteiger partial charge < -0.3 is 10.2 Å². The third-order valence-corrected chi connectivity index (χ3v) is 8.95. The molecular formula is C32H46O2. The first-order valence-electron chi connectivity index (χ1n) is 14.2. The van der Waals surface area contributed by atoms with Gasteiger partial charge in [0.2, 0.25) is 0 Å². The zero-order chi connectivity index (χ0) is 24.0. The minimum Gasteiger partial charge on any atom is -0.508 e. The molecule has 0 atom stereocenters. The van der Waals surface area contributed by atoms with E-state index in [1.165, 1.54) is 101 Å². The summed E-state index contributed by atoms with van der Waals surface area (Å²) in [7, 11) is 0. The number of benzene rings is 2. The summed E-state index contributed by atoms with van der Waals surface area (Å²) in [5.41, 5.74) is 4.83. The van der Waals surface area contributed by atoms with Gasteiger partial charge in [-0.15, -0.1) is 0 Å². The maximum Gasteiger partial charge on any atom is 0.119 e. The number of unbranched alkanes of at least 4 members (excludes halogenated alkanes) is 3. The molecule has 2 saturated carbocycles. The highest BCUT2D eigenvalue weighted by atomic mass is 16.3. The van der Waals surface area contributed by atoms with Gasteiger partial charge in [-0.1, -0.05) is 102 Å². The summed E-state index contributed by atoms with van der Waals surface area (Å²) in [4.78, 5) is 0. The maximum atomic E-state index is 10.8. The minimum atomic E-state index is -0.123. The van der Waals surface area contributed by atoms with Gasteiger partial charge >= 0.3 is 0 Å². The molecule has 0 aromatic heterocycles. The van der Waals surface area contributed by atoms with E-state index in [1.54, 1.807) is 0 Å². The van der Waals surface area contributed by atoms with E-state index in [0.29, 0.717) is 23.3 Å². The Labute approximate surface area is 207 Å². The van der Waals surface area contributed by atoms with Crippen LogP contribution in [0, 0.1) is 0 Å². The second kappa shape index (κ2) is 11.6. The average molecular weight is 463 g/mol. The van der Waals surface area contributed by atoms with Gasteiger partial charge in [0.15, 0.2) is 0 Å². The van der Waals surface area contributed by atoms with E-state index in [1.807, 2.05) is 12.1 Å². The molecule has 0 heterocycles. The molecule has 0 aliphatic heterocycles. The van der Waals surface area contributed by atoms with Crippen molar-refractivity contribution in [2.24, 2.45) is 0 Å². The number of hydrogen-bond acceptors (Lipinski definition) is 2. The molecule has 2 aliphatic carbocycles. The number of rotatable bonds is 9. The predicted octanol–water partition coefficient (Wildman–Crippen LogP) is 9.47. The van der Waals surface area contributed by atoms with Gasteiger partial charge in [-0.2, -0.15) is 0 Å². The summed E-state index contributed by atoms with van der Waals surface area (Å²) < 4.78 is 0. The van der Waals surface area contributed by atoms with E-state index < -0.39 is 0 Å². The first-order valence-corrected chi connectivity index (χ1v) is 14.2. The molecule has 2 aliphatic rings. The van der Waals surface area contributed by atoms with Crippen LogP contribution >= 0.6 is 0 Å². The van der Waals surface area contributed by atoms with Gasteiger partial charge in [0.25, 0.3) is 0 Å². The minimum absolute atomic E-state index is 0.123. The van der Waals surface area contributed by atoms with Crippen LogP contribution in [0.1, 0.15) is 144 Å². The molecule has 0 saturated heterocycles. The van der Waals surface area contributed by atoms with Crippen LogP contribution in [0.4, 0.5) is 0 Å². The lowest BCUT2D eigenvalue weighted by atomic mass is 9.70. The van der Waals surface area contributed by atoms with Crippen LogP contribution in [-0.4, -0.2) is 10.2 Å². The molecule has 0 radical (unpaired) electrons. The topological polar surface area (TPSA) is 40.5 Å². The Morgan fingerprint density at radius 2 is 1.15 bits per heavy atom. The van der Waals surface area contributed by atoms with Crippen molar-refractivity contribution in [3.05, 3.63) is 58.7 Å². The molecule has 2 N–H and O–H groups in total. The standard InChI is InChI=1S/C32H46O2/c1-3-4-5-12-21-32(2,26-17-19-30(33)28(22-26)24-13-8-6-9-14-24)27-18-20-31(34)29(23-27)25-15-10-7-11-16-25/h17-20,22-25,33-34H,3-16,21H2,1-2H3. The van der Waals surface area contributed by atoms with Crippen molar-refractivity contribution in [3.8, 4) is 11.5 Å². The summed E-state index contributed by atoms with van der Waals surface area (Å²) in [6, 6.07) is 12.9. The van der Waals surface area contributed by atoms with E-state index in [2.05, 4.69) is 38.1 Å². The molecule has 2 aromatic rings. The Bertz CT molecular complexity index is 851. The van der Waals surface area contributed by atoms with Crippen LogP contribution in [0.2, 0.25) is 0 Å². The lowest BCUT2D eigenvalue weighted by Crippen LogP contribution is -2.25. The van der Waals surface area contributed by atoms with Gasteiger partial charge in [0.1, 0.15) is 11.5 Å². The van der Waals surface area contributed by atoms with Crippen molar-refractivity contribution in [1.29, 1.82) is 0 Å². The summed E-state index contributed by atoms with van der Waals surface area (Å²) >= 11 is 0. The van der Waals surface area contributed by atoms with E-state index in [9.17, 15) is 10.2 Å². The fraction of sp³-hybridized carbons (Fsp3) is 0.625. The summed E-state index contributed by atoms with van der Waals surface area (Å²) in [5.74, 6) is 1.90. The zero-order valence-corrected chi connectivity index (χ0v) is 21.6. The van der Waals surface area contributed by atoms with E-state index in [4.69, 9.17) is 0 Å². The lowest BCUT2D eigenvalue weighted by molar-refractivity contribution is 0.409. The van der Waals surface area contributed by atoms with Crippen molar-refractivity contribution >= 4 is 0 Å². The lowest BCUT2D eigenvalue weighted by Gasteiger charge is -2.34. The Hall–Kier alpha value is -1.96. The molecule has 0 unspecified atom stereocenters. The van der Waals surface area contributed by atoms with Crippen LogP contribution in [0.15, 0.2) is 36.4 Å². The van der Waals surface area contributed by atoms with Gasteiger partial charge in [-0.05, 0) is 78.3 Å². The van der Waals surface area contributed by atoms with Gasteiger partial charge in [-0.3, -0.25) is 0 Å². The molecule has 4 rings (SSSR count). The first kappa shape index (κ1) is 25.1. The van der Waals surface area contributed by atoms with Crippen LogP contribution < -0.4 is 0 Å². The maximum absolute atomic E-state index is 10.8. The fourth-order valence-electron chi connectivity index (χ4n) is 6.64. The van der Waals surface area contributed by atoms with Gasteiger partial charge in [0, 0.05) is 5.41 Å². The molecule has 2 fully saturated rings. The molecule has 0 amide bonds. The fourth-order valence-corrected chi connectivity index (χ4v) is 6.64. The van der Waals surface area contributed by atoms with Crippen molar-refractivity contribution < 1.29 is 10.2 Å². The largest absolute Gasteiger partial charge is 0.508 e. The Balaban J connectivity index is 1.72. The molecule has 2 aromatic carbocycles. The average Bonchev–Trinajstić information content (AvgIpc) is 2.88. The predicted molar refractivity (Wildman–Crippen MR) is 143 cm³/mol. The Morgan fingerprint density at radius 3 is 1.59 bits per heavy atom. The molecular weight excluding hydrogens is 416 g/mol. The number of hydrogen-bond donors (Lipinski definition) is 2. The van der Waals surface area contributed by atoms with Crippen LogP contribution in [0.5, 0.6) is 11.5 Å². The molecule has 0 bridgehead atoms. The summed E-state index contributed by atoms with van der Waals surface area (Å²) in [6.45, 7) is 4.67. The second-order valence-electron chi connectivity index (χ2n) is 11.4. The zero-order valence-electron chi connectivity index (χ0n) is 21.6. The number of aromatic hydroxyl groups is 2. The number of phenols is 2. The monoisotopic (exact) mass is 462 g/mol. The van der Waals surface area contributed by atoms with E-state index in [0.717, 1.165) is 17.5 Å². The third-order valence-electron chi connectivity index (χ3n) is 8.95. The third kappa shape index (κ3) is 5.64. The van der Waals surface area contributed by atoms with Crippen molar-refractivity contribution in [2.45, 2.75) is 127 Å². The van der Waals surface area contributed by atoms with Crippen LogP contribution in [-0.2, 0) is 5.41 Å². The van der Waals surface area contributed by atoms with Crippen molar-refractivity contribution in [2.75, 3.05) is 0 Å². The quantitative estimate of drug-likeness (QED) is 0.364. The highest BCUT2D eigenvalue weighted by molar-refractivity contribution is 5.49. The summed E-state index contributed by atoms with van der Waals surface area (Å²) in [6.07, 6.45) is 18.6. The van der Waals surface area contributed by atoms with Gasteiger partial charge in [0.05, 0.1) is 0 Å². The SMILES string of the molecule is CCCCCCC(C)(c1ccc(O)c(C2CCCCC2)c1)c1ccc(O)c(C2CCCCC2)c1. The highest BCUT2D eigenvalue weighted by Gasteiger charge is 2.32. The smallest absolute Gasteiger partial charge is 0.119 e. The normalized spacial score (nSPS) is 18.3. The van der Waals surface area contributed by atoms with Crippen molar-refractivity contribution in [3.63, 3.8) is 0 Å². The molecule has 2 heteroatoms. The second-order valence-corrected chi connectivity index (χ2v) is 11.4. The van der Waals surface area contributed by atoms with E-state index in [-0.39, 0.29) is 5.41 Å². The highest BCUT2D eigenvalue weighted by Crippen LogP contribution is 2.45. The van der Waals surface area contributed by atoms with Crippen LogP contribution in [0.25, 0.3) is 0 Å². The summed E-state index contributed by atoms with van der Waals surface area (Å²) in [5, 5.41) is 21.6. The molecule has 186 valence electrons. The number of phenolic OH excluding ortho intramolecular Hbond substituents is 2. The molecule has 0 spiro atoms. The van der Waals surface area contributed by atoms with Crippen LogP contribution in [0.3, 0.4) is 0 Å². The van der Waals surface area contributed by atoms with Gasteiger partial charge in [-0.25, -0.2) is 0 Å². The first-order chi connectivity index (χ1) is 16.5. The molecule has 34 heavy (non-hydrogen) atoms. The Kier molecular flexibility index (Phi) is 8.61.